The normalized spacial score (nSPS) is 11.2. The minimum absolute atomic E-state index is 0.807. The van der Waals surface area contributed by atoms with Gasteiger partial charge in [-0.15, -0.1) is 0 Å². The third-order valence-electron chi connectivity index (χ3n) is 10.2. The molecule has 0 bridgehead atoms. The number of nitrogens with zero attached hydrogens (tertiary/aromatic N) is 2. The van der Waals surface area contributed by atoms with Crippen molar-refractivity contribution in [3.05, 3.63) is 205 Å². The summed E-state index contributed by atoms with van der Waals surface area (Å²) in [6.07, 6.45) is 4.48. The van der Waals surface area contributed by atoms with Crippen molar-refractivity contribution in [3.63, 3.8) is 0 Å². The van der Waals surface area contributed by atoms with Crippen LogP contribution >= 0.6 is 0 Å². The molecule has 3 heteroatoms. The Bertz CT molecular complexity index is 2640. The molecule has 0 fully saturated rings. The van der Waals surface area contributed by atoms with Crippen molar-refractivity contribution in [2.24, 2.45) is 0 Å². The molecule has 0 atom stereocenters. The molecule has 0 saturated carbocycles. The van der Waals surface area contributed by atoms with Crippen LogP contribution in [-0.4, -0.2) is 9.97 Å². The van der Waals surface area contributed by atoms with Gasteiger partial charge in [-0.25, -0.2) is 4.98 Å². The van der Waals surface area contributed by atoms with Gasteiger partial charge in [0.1, 0.15) is 5.82 Å². The Kier molecular flexibility index (Phi) is 8.51. The fraction of sp³-hybridized carbons (Fsp3) is 0.0400. The zero-order chi connectivity index (χ0) is 35.6. The summed E-state index contributed by atoms with van der Waals surface area (Å²) in [4.78, 5) is 9.10. The number of benzene rings is 7. The fourth-order valence-electron chi connectivity index (χ4n) is 7.60. The Hall–Kier alpha value is -6.84. The van der Waals surface area contributed by atoms with Crippen LogP contribution in [-0.2, 0) is 6.42 Å². The summed E-state index contributed by atoms with van der Waals surface area (Å²) in [6.45, 7) is 2.06. The predicted molar refractivity (Wildman–Crippen MR) is 222 cm³/mol. The number of nitrogens with one attached hydrogen (secondary N) is 1. The van der Waals surface area contributed by atoms with Gasteiger partial charge >= 0.3 is 0 Å². The largest absolute Gasteiger partial charge is 0.340 e. The Balaban J connectivity index is 1.07. The Morgan fingerprint density at radius 1 is 0.434 bits per heavy atom. The van der Waals surface area contributed by atoms with Crippen molar-refractivity contribution in [3.8, 4) is 44.5 Å². The molecule has 0 aliphatic heterocycles. The molecular formula is C50H37N3. The maximum absolute atomic E-state index is 4.59. The van der Waals surface area contributed by atoms with Crippen molar-refractivity contribution in [1.29, 1.82) is 0 Å². The van der Waals surface area contributed by atoms with Gasteiger partial charge in [0, 0.05) is 34.9 Å². The molecule has 3 nitrogen and oxygen atoms in total. The Labute approximate surface area is 310 Å². The van der Waals surface area contributed by atoms with Gasteiger partial charge in [-0.2, -0.15) is 0 Å². The van der Waals surface area contributed by atoms with Gasteiger partial charge in [-0.1, -0.05) is 146 Å². The number of hydrogen-bond acceptors (Lipinski definition) is 3. The number of anilines is 2. The summed E-state index contributed by atoms with van der Waals surface area (Å²) >= 11 is 0. The SMILES string of the molecule is Cc1ncccc1-c1cc(-c2ccc(Cc3c4ccccc4c(-c4ccc(-c5ccccc5)cc4)c4ccccc34)cc2)ccc1Nc1ccccn1. The number of aromatic nitrogens is 2. The van der Waals surface area contributed by atoms with Gasteiger partial charge < -0.3 is 5.32 Å². The first kappa shape index (κ1) is 32.1. The summed E-state index contributed by atoms with van der Waals surface area (Å²) in [6, 6.07) is 63.1. The van der Waals surface area contributed by atoms with E-state index in [4.69, 9.17) is 0 Å². The standard InChI is InChI=1S/C50H37N3/c1-34-41(18-11-31-51-34)47-33-40(28-29-48(47)53-49-19-9-10-30-52-49)38-22-20-35(21-23-38)32-46-42-14-5-7-16-44(42)50(45-17-8-6-15-43(45)46)39-26-24-37(25-27-39)36-12-3-2-4-13-36/h2-31,33H,32H2,1H3,(H,52,53). The van der Waals surface area contributed by atoms with Crippen LogP contribution in [0.1, 0.15) is 16.8 Å². The highest BCUT2D eigenvalue weighted by molar-refractivity contribution is 6.15. The minimum Gasteiger partial charge on any atom is -0.340 e. The van der Waals surface area contributed by atoms with Crippen LogP contribution in [0.5, 0.6) is 0 Å². The van der Waals surface area contributed by atoms with E-state index >= 15 is 0 Å². The Morgan fingerprint density at radius 2 is 1.00 bits per heavy atom. The monoisotopic (exact) mass is 679 g/mol. The molecule has 252 valence electrons. The second-order valence-corrected chi connectivity index (χ2v) is 13.5. The smallest absolute Gasteiger partial charge is 0.130 e. The fourth-order valence-corrected chi connectivity index (χ4v) is 7.60. The van der Waals surface area contributed by atoms with E-state index in [-0.39, 0.29) is 0 Å². The first-order chi connectivity index (χ1) is 26.2. The van der Waals surface area contributed by atoms with E-state index in [1.54, 1.807) is 6.20 Å². The lowest BCUT2D eigenvalue weighted by molar-refractivity contribution is 1.20. The molecule has 0 unspecified atom stereocenters. The molecular weight excluding hydrogens is 643 g/mol. The molecule has 0 spiro atoms. The summed E-state index contributed by atoms with van der Waals surface area (Å²) < 4.78 is 0. The van der Waals surface area contributed by atoms with Gasteiger partial charge in [0.25, 0.3) is 0 Å². The van der Waals surface area contributed by atoms with E-state index in [0.717, 1.165) is 40.3 Å². The summed E-state index contributed by atoms with van der Waals surface area (Å²) in [5.74, 6) is 0.807. The highest BCUT2D eigenvalue weighted by Crippen LogP contribution is 2.41. The molecule has 0 radical (unpaired) electrons. The minimum atomic E-state index is 0.807. The number of hydrogen-bond donors (Lipinski definition) is 1. The number of pyridine rings is 2. The lowest BCUT2D eigenvalue weighted by atomic mass is 9.86. The highest BCUT2D eigenvalue weighted by Gasteiger charge is 2.16. The molecule has 0 aliphatic carbocycles. The topological polar surface area (TPSA) is 37.8 Å². The summed E-state index contributed by atoms with van der Waals surface area (Å²) in [5, 5.41) is 8.68. The van der Waals surface area contributed by atoms with E-state index in [2.05, 4.69) is 174 Å². The number of rotatable bonds is 8. The van der Waals surface area contributed by atoms with Crippen LogP contribution < -0.4 is 5.32 Å². The zero-order valence-corrected chi connectivity index (χ0v) is 29.5. The van der Waals surface area contributed by atoms with Gasteiger partial charge in [0.15, 0.2) is 0 Å². The van der Waals surface area contributed by atoms with Crippen LogP contribution in [0.2, 0.25) is 0 Å². The van der Waals surface area contributed by atoms with Crippen LogP contribution in [0.25, 0.3) is 66.1 Å². The van der Waals surface area contributed by atoms with Crippen molar-refractivity contribution in [2.75, 3.05) is 5.32 Å². The van der Waals surface area contributed by atoms with Crippen molar-refractivity contribution < 1.29 is 0 Å². The van der Waals surface area contributed by atoms with Crippen LogP contribution in [0.3, 0.4) is 0 Å². The third kappa shape index (κ3) is 6.34. The quantitative estimate of drug-likeness (QED) is 0.162. The van der Waals surface area contributed by atoms with Crippen LogP contribution in [0.15, 0.2) is 188 Å². The number of aryl methyl sites for hydroxylation is 1. The van der Waals surface area contributed by atoms with Crippen molar-refractivity contribution in [1.82, 2.24) is 9.97 Å². The summed E-state index contributed by atoms with van der Waals surface area (Å²) in [5.41, 5.74) is 14.1. The molecule has 0 amide bonds. The second kappa shape index (κ2) is 14.1. The molecule has 1 N–H and O–H groups in total. The maximum atomic E-state index is 4.59. The van der Waals surface area contributed by atoms with Crippen LogP contribution in [0.4, 0.5) is 11.5 Å². The molecule has 0 aliphatic rings. The number of fused-ring (bicyclic) bond motifs is 2. The van der Waals surface area contributed by atoms with Crippen molar-refractivity contribution in [2.45, 2.75) is 13.3 Å². The molecule has 2 heterocycles. The predicted octanol–water partition coefficient (Wildman–Crippen LogP) is 13.1. The van der Waals surface area contributed by atoms with E-state index < -0.39 is 0 Å². The highest BCUT2D eigenvalue weighted by atomic mass is 15.0. The van der Waals surface area contributed by atoms with E-state index in [9.17, 15) is 0 Å². The molecule has 9 aromatic rings. The average Bonchev–Trinajstić information content (AvgIpc) is 3.22. The summed E-state index contributed by atoms with van der Waals surface area (Å²) in [7, 11) is 0. The molecule has 7 aromatic carbocycles. The van der Waals surface area contributed by atoms with Gasteiger partial charge in [0.05, 0.1) is 0 Å². The van der Waals surface area contributed by atoms with Gasteiger partial charge in [-0.3, -0.25) is 4.98 Å². The third-order valence-corrected chi connectivity index (χ3v) is 10.2. The van der Waals surface area contributed by atoms with Crippen LogP contribution in [0, 0.1) is 6.92 Å². The van der Waals surface area contributed by atoms with E-state index in [1.807, 2.05) is 30.5 Å². The zero-order valence-electron chi connectivity index (χ0n) is 29.5. The Morgan fingerprint density at radius 3 is 1.68 bits per heavy atom. The molecule has 0 saturated heterocycles. The molecule has 2 aromatic heterocycles. The first-order valence-corrected chi connectivity index (χ1v) is 18.1. The maximum Gasteiger partial charge on any atom is 0.130 e. The average molecular weight is 680 g/mol. The van der Waals surface area contributed by atoms with Crippen molar-refractivity contribution >= 4 is 33.1 Å². The van der Waals surface area contributed by atoms with E-state index in [0.29, 0.717) is 0 Å². The van der Waals surface area contributed by atoms with E-state index in [1.165, 1.54) is 60.5 Å². The lowest BCUT2D eigenvalue weighted by Gasteiger charge is -2.18. The molecule has 9 rings (SSSR count). The lowest BCUT2D eigenvalue weighted by Crippen LogP contribution is -1.98. The first-order valence-electron chi connectivity index (χ1n) is 18.1. The second-order valence-electron chi connectivity index (χ2n) is 13.5. The van der Waals surface area contributed by atoms with Gasteiger partial charge in [-0.05, 0) is 110 Å². The van der Waals surface area contributed by atoms with Gasteiger partial charge in [0.2, 0.25) is 0 Å². The molecule has 53 heavy (non-hydrogen) atoms.